The van der Waals surface area contributed by atoms with Crippen LogP contribution >= 0.6 is 15.9 Å². The monoisotopic (exact) mass is 371 g/mol. The largest absolute Gasteiger partial charge is 0.488 e. The number of hydrogen-bond donors (Lipinski definition) is 0. The second-order valence-corrected chi connectivity index (χ2v) is 7.19. The van der Waals surface area contributed by atoms with Gasteiger partial charge in [0.2, 0.25) is 5.88 Å². The van der Waals surface area contributed by atoms with E-state index in [-0.39, 0.29) is 5.60 Å². The highest BCUT2D eigenvalue weighted by Gasteiger charge is 2.11. The fraction of sp³-hybridized carbons (Fsp3) is 0.211. The zero-order chi connectivity index (χ0) is 16.4. The number of benzene rings is 2. The summed E-state index contributed by atoms with van der Waals surface area (Å²) in [5, 5.41) is 1.08. The molecule has 3 rings (SSSR count). The predicted molar refractivity (Wildman–Crippen MR) is 96.3 cm³/mol. The fourth-order valence-electron chi connectivity index (χ4n) is 2.18. The highest BCUT2D eigenvalue weighted by Crippen LogP contribution is 2.26. The fourth-order valence-corrected chi connectivity index (χ4v) is 2.53. The lowest BCUT2D eigenvalue weighted by Gasteiger charge is -2.21. The van der Waals surface area contributed by atoms with Crippen LogP contribution in [0.4, 0.5) is 0 Å². The molecule has 0 N–H and O–H groups in total. The molecule has 1 aromatic heterocycles. The third-order valence-corrected chi connectivity index (χ3v) is 3.59. The molecule has 4 heteroatoms. The highest BCUT2D eigenvalue weighted by molar-refractivity contribution is 9.10. The van der Waals surface area contributed by atoms with Crippen molar-refractivity contribution >= 4 is 26.8 Å². The molecule has 0 amide bonds. The molecular weight excluding hydrogens is 354 g/mol. The van der Waals surface area contributed by atoms with Crippen molar-refractivity contribution in [3.05, 3.63) is 59.1 Å². The summed E-state index contributed by atoms with van der Waals surface area (Å²) in [6.45, 7) is 6.07. The molecule has 0 spiro atoms. The number of halogens is 1. The van der Waals surface area contributed by atoms with Gasteiger partial charge in [-0.3, -0.25) is 0 Å². The van der Waals surface area contributed by atoms with Crippen LogP contribution < -0.4 is 9.47 Å². The highest BCUT2D eigenvalue weighted by atomic mass is 79.9. The molecule has 2 aromatic carbocycles. The van der Waals surface area contributed by atoms with Crippen molar-refractivity contribution < 1.29 is 9.47 Å². The standard InChI is InChI=1S/C19H18BrNO2/c1-19(2,3)23-16-9-7-15(8-10-16)22-18-11-5-13-4-6-14(20)12-17(13)21-18/h4-12H,1-3H3. The van der Waals surface area contributed by atoms with Gasteiger partial charge in [0.15, 0.2) is 0 Å². The molecule has 0 radical (unpaired) electrons. The maximum absolute atomic E-state index is 5.83. The first-order valence-corrected chi connectivity index (χ1v) is 8.22. The summed E-state index contributed by atoms with van der Waals surface area (Å²) in [7, 11) is 0. The molecule has 0 aliphatic carbocycles. The lowest BCUT2D eigenvalue weighted by Crippen LogP contribution is -2.22. The molecule has 0 unspecified atom stereocenters. The van der Waals surface area contributed by atoms with E-state index in [1.165, 1.54) is 0 Å². The Morgan fingerprint density at radius 3 is 2.22 bits per heavy atom. The van der Waals surface area contributed by atoms with Gasteiger partial charge in [0.25, 0.3) is 0 Å². The van der Waals surface area contributed by atoms with Crippen LogP contribution in [0.2, 0.25) is 0 Å². The van der Waals surface area contributed by atoms with E-state index in [0.717, 1.165) is 26.9 Å². The van der Waals surface area contributed by atoms with Crippen LogP contribution in [0.5, 0.6) is 17.4 Å². The van der Waals surface area contributed by atoms with E-state index in [9.17, 15) is 0 Å². The smallest absolute Gasteiger partial charge is 0.219 e. The molecule has 3 nitrogen and oxygen atoms in total. The first-order valence-electron chi connectivity index (χ1n) is 7.42. The number of fused-ring (bicyclic) bond motifs is 1. The molecule has 0 saturated heterocycles. The molecule has 0 atom stereocenters. The maximum atomic E-state index is 5.83. The Morgan fingerprint density at radius 2 is 1.52 bits per heavy atom. The summed E-state index contributed by atoms with van der Waals surface area (Å²) >= 11 is 3.46. The van der Waals surface area contributed by atoms with Crippen LogP contribution in [0, 0.1) is 0 Å². The number of aromatic nitrogens is 1. The van der Waals surface area contributed by atoms with E-state index in [2.05, 4.69) is 20.9 Å². The summed E-state index contributed by atoms with van der Waals surface area (Å²) < 4.78 is 12.6. The molecule has 23 heavy (non-hydrogen) atoms. The summed E-state index contributed by atoms with van der Waals surface area (Å²) in [6, 6.07) is 17.4. The van der Waals surface area contributed by atoms with E-state index in [0.29, 0.717) is 5.88 Å². The predicted octanol–water partition coefficient (Wildman–Crippen LogP) is 5.97. The number of hydrogen-bond acceptors (Lipinski definition) is 3. The average Bonchev–Trinajstić information content (AvgIpc) is 2.47. The van der Waals surface area contributed by atoms with Gasteiger partial charge in [0, 0.05) is 15.9 Å². The minimum atomic E-state index is -0.213. The summed E-state index contributed by atoms with van der Waals surface area (Å²) in [6.07, 6.45) is 0. The van der Waals surface area contributed by atoms with Gasteiger partial charge in [-0.15, -0.1) is 0 Å². The first kappa shape index (κ1) is 15.8. The molecule has 118 valence electrons. The van der Waals surface area contributed by atoms with Gasteiger partial charge in [0.05, 0.1) is 5.52 Å². The third kappa shape index (κ3) is 4.23. The lowest BCUT2D eigenvalue weighted by atomic mass is 10.2. The van der Waals surface area contributed by atoms with Gasteiger partial charge in [-0.25, -0.2) is 4.98 Å². The van der Waals surface area contributed by atoms with E-state index in [4.69, 9.17) is 9.47 Å². The van der Waals surface area contributed by atoms with Gasteiger partial charge in [-0.1, -0.05) is 22.0 Å². The van der Waals surface area contributed by atoms with Crippen molar-refractivity contribution in [1.29, 1.82) is 0 Å². The van der Waals surface area contributed by atoms with Crippen LogP contribution in [0.25, 0.3) is 10.9 Å². The molecule has 0 saturated carbocycles. The van der Waals surface area contributed by atoms with Gasteiger partial charge >= 0.3 is 0 Å². The van der Waals surface area contributed by atoms with Gasteiger partial charge in [-0.2, -0.15) is 0 Å². The Bertz CT molecular complexity index is 823. The van der Waals surface area contributed by atoms with E-state index in [1.807, 2.05) is 75.4 Å². The van der Waals surface area contributed by atoms with Crippen molar-refractivity contribution in [3.8, 4) is 17.4 Å². The van der Waals surface area contributed by atoms with E-state index in [1.54, 1.807) is 0 Å². The summed E-state index contributed by atoms with van der Waals surface area (Å²) in [5.41, 5.74) is 0.680. The normalized spacial score (nSPS) is 11.5. The Kier molecular flexibility index (Phi) is 4.26. The Hall–Kier alpha value is -2.07. The third-order valence-electron chi connectivity index (χ3n) is 3.10. The van der Waals surface area contributed by atoms with Crippen LogP contribution in [0.1, 0.15) is 20.8 Å². The zero-order valence-electron chi connectivity index (χ0n) is 13.3. The van der Waals surface area contributed by atoms with Crippen molar-refractivity contribution in [1.82, 2.24) is 4.98 Å². The molecule has 0 fully saturated rings. The second-order valence-electron chi connectivity index (χ2n) is 6.27. The topological polar surface area (TPSA) is 31.4 Å². The zero-order valence-corrected chi connectivity index (χ0v) is 14.9. The minimum Gasteiger partial charge on any atom is -0.488 e. The summed E-state index contributed by atoms with van der Waals surface area (Å²) in [5.74, 6) is 2.12. The van der Waals surface area contributed by atoms with Gasteiger partial charge in [-0.05, 0) is 63.2 Å². The Balaban J connectivity index is 1.79. The molecule has 1 heterocycles. The van der Waals surface area contributed by atoms with Crippen LogP contribution in [0.15, 0.2) is 59.1 Å². The van der Waals surface area contributed by atoms with Crippen LogP contribution in [-0.4, -0.2) is 10.6 Å². The molecular formula is C19H18BrNO2. The Labute approximate surface area is 144 Å². The van der Waals surface area contributed by atoms with Crippen molar-refractivity contribution in [2.24, 2.45) is 0 Å². The van der Waals surface area contributed by atoms with Crippen molar-refractivity contribution in [3.63, 3.8) is 0 Å². The van der Waals surface area contributed by atoms with Crippen molar-refractivity contribution in [2.75, 3.05) is 0 Å². The molecule has 0 bridgehead atoms. The molecule has 3 aromatic rings. The van der Waals surface area contributed by atoms with E-state index >= 15 is 0 Å². The maximum Gasteiger partial charge on any atom is 0.219 e. The second kappa shape index (κ2) is 6.20. The van der Waals surface area contributed by atoms with Gasteiger partial charge in [0.1, 0.15) is 17.1 Å². The van der Waals surface area contributed by atoms with Crippen molar-refractivity contribution in [2.45, 2.75) is 26.4 Å². The van der Waals surface area contributed by atoms with E-state index < -0.39 is 0 Å². The van der Waals surface area contributed by atoms with Gasteiger partial charge < -0.3 is 9.47 Å². The summed E-state index contributed by atoms with van der Waals surface area (Å²) in [4.78, 5) is 4.53. The van der Waals surface area contributed by atoms with Crippen LogP contribution in [0.3, 0.4) is 0 Å². The first-order chi connectivity index (χ1) is 10.9. The molecule has 0 aliphatic heterocycles. The Morgan fingerprint density at radius 1 is 0.870 bits per heavy atom. The number of pyridine rings is 1. The number of nitrogens with zero attached hydrogens (tertiary/aromatic N) is 1. The minimum absolute atomic E-state index is 0.213. The number of ether oxygens (including phenoxy) is 2. The SMILES string of the molecule is CC(C)(C)Oc1ccc(Oc2ccc3ccc(Br)cc3n2)cc1. The number of rotatable bonds is 3. The van der Waals surface area contributed by atoms with Crippen LogP contribution in [-0.2, 0) is 0 Å². The molecule has 0 aliphatic rings. The lowest BCUT2D eigenvalue weighted by molar-refractivity contribution is 0.131. The average molecular weight is 372 g/mol. The quantitative estimate of drug-likeness (QED) is 0.568.